The Kier molecular flexibility index (Phi) is 7.97. The van der Waals surface area contributed by atoms with Gasteiger partial charge in [0.15, 0.2) is 0 Å². The third-order valence-corrected chi connectivity index (χ3v) is 7.37. The Balaban J connectivity index is 1.46. The summed E-state index contributed by atoms with van der Waals surface area (Å²) in [6, 6.07) is 5.82. The first-order valence-electron chi connectivity index (χ1n) is 11.6. The molecular weight excluding hydrogens is 331 g/mol. The van der Waals surface area contributed by atoms with Gasteiger partial charge < -0.3 is 0 Å². The highest BCUT2D eigenvalue weighted by Crippen LogP contribution is 2.45. The topological polar surface area (TPSA) is 0 Å². The minimum absolute atomic E-state index is 0.00152. The van der Waals surface area contributed by atoms with Gasteiger partial charge in [0.1, 0.15) is 5.82 Å². The van der Waals surface area contributed by atoms with Crippen LogP contribution in [-0.2, 0) is 0 Å². The van der Waals surface area contributed by atoms with Crippen LogP contribution < -0.4 is 0 Å². The second-order valence-corrected chi connectivity index (χ2v) is 9.17. The van der Waals surface area contributed by atoms with Crippen LogP contribution in [0, 0.1) is 23.6 Å². The summed E-state index contributed by atoms with van der Waals surface area (Å²) in [5, 5.41) is 0. The van der Waals surface area contributed by atoms with Crippen LogP contribution in [0.25, 0.3) is 6.08 Å². The summed E-state index contributed by atoms with van der Waals surface area (Å²) in [7, 11) is 0. The Morgan fingerprint density at radius 2 is 1.59 bits per heavy atom. The second kappa shape index (κ2) is 10.4. The van der Waals surface area contributed by atoms with Crippen LogP contribution >= 0.6 is 0 Å². The molecule has 27 heavy (non-hydrogen) atoms. The molecule has 0 saturated heterocycles. The molecule has 2 aliphatic carbocycles. The number of hydrogen-bond donors (Lipinski definition) is 0. The monoisotopic (exact) mass is 370 g/mol. The molecule has 3 rings (SSSR count). The molecule has 0 atom stereocenters. The lowest BCUT2D eigenvalue weighted by atomic mass is 9.68. The normalized spacial score (nSPS) is 29.3. The first-order chi connectivity index (χ1) is 13.2. The molecule has 0 N–H and O–H groups in total. The number of allylic oxidation sites excluding steroid dienone is 1. The minimum atomic E-state index is 0.00152. The number of rotatable bonds is 7. The molecule has 2 saturated carbocycles. The van der Waals surface area contributed by atoms with E-state index >= 15 is 0 Å². The number of hydrogen-bond acceptors (Lipinski definition) is 0. The van der Waals surface area contributed by atoms with Crippen LogP contribution in [0.4, 0.5) is 4.39 Å². The molecule has 1 heteroatoms. The van der Waals surface area contributed by atoms with Gasteiger partial charge >= 0.3 is 0 Å². The van der Waals surface area contributed by atoms with Crippen molar-refractivity contribution in [2.75, 3.05) is 0 Å². The first kappa shape index (κ1) is 20.6. The molecule has 0 heterocycles. The van der Waals surface area contributed by atoms with Gasteiger partial charge in [-0.25, -0.2) is 4.39 Å². The maximum absolute atomic E-state index is 14.5. The fraction of sp³-hybridized carbons (Fsp3) is 0.692. The lowest BCUT2D eigenvalue weighted by molar-refractivity contribution is 0.155. The van der Waals surface area contributed by atoms with E-state index in [0.717, 1.165) is 28.9 Å². The van der Waals surface area contributed by atoms with Gasteiger partial charge in [-0.3, -0.25) is 0 Å². The maximum atomic E-state index is 14.5. The summed E-state index contributed by atoms with van der Waals surface area (Å²) in [6.07, 6.45) is 20.4. The van der Waals surface area contributed by atoms with Crippen molar-refractivity contribution in [1.82, 2.24) is 0 Å². The van der Waals surface area contributed by atoms with Crippen molar-refractivity contribution in [3.63, 3.8) is 0 Å². The summed E-state index contributed by atoms with van der Waals surface area (Å²) in [5.74, 6) is 3.31. The molecule has 0 unspecified atom stereocenters. The molecule has 0 spiro atoms. The zero-order chi connectivity index (χ0) is 19.1. The molecule has 2 fully saturated rings. The fourth-order valence-electron chi connectivity index (χ4n) is 5.70. The van der Waals surface area contributed by atoms with Gasteiger partial charge in [0.05, 0.1) is 0 Å². The Bertz CT molecular complexity index is 586. The first-order valence-corrected chi connectivity index (χ1v) is 11.6. The van der Waals surface area contributed by atoms with Crippen molar-refractivity contribution < 1.29 is 4.39 Å². The maximum Gasteiger partial charge on any atom is 0.127 e. The van der Waals surface area contributed by atoms with Crippen LogP contribution in [0.1, 0.15) is 108 Å². The van der Waals surface area contributed by atoms with Crippen molar-refractivity contribution >= 4 is 6.08 Å². The lowest BCUT2D eigenvalue weighted by Crippen LogP contribution is -2.25. The average Bonchev–Trinajstić information content (AvgIpc) is 2.69. The van der Waals surface area contributed by atoms with Crippen LogP contribution in [0.15, 0.2) is 24.3 Å². The molecule has 0 nitrogen and oxygen atoms in total. The molecule has 0 bridgehead atoms. The third-order valence-electron chi connectivity index (χ3n) is 7.37. The molecule has 1 aromatic rings. The molecule has 0 aromatic heterocycles. The van der Waals surface area contributed by atoms with Crippen molar-refractivity contribution in [3.05, 3.63) is 41.2 Å². The van der Waals surface area contributed by atoms with Crippen LogP contribution in [0.5, 0.6) is 0 Å². The van der Waals surface area contributed by atoms with Gasteiger partial charge in [-0.1, -0.05) is 69.7 Å². The molecule has 0 aliphatic heterocycles. The summed E-state index contributed by atoms with van der Waals surface area (Å²) in [6.45, 7) is 4.28. The Morgan fingerprint density at radius 1 is 0.926 bits per heavy atom. The largest absolute Gasteiger partial charge is 0.207 e. The van der Waals surface area contributed by atoms with E-state index in [1.807, 2.05) is 25.1 Å². The van der Waals surface area contributed by atoms with Gasteiger partial charge in [-0.2, -0.15) is 0 Å². The number of unbranched alkanes of at least 4 members (excludes halogenated alkanes) is 2. The Hall–Kier alpha value is -1.11. The van der Waals surface area contributed by atoms with Crippen LogP contribution in [0.3, 0.4) is 0 Å². The average molecular weight is 371 g/mol. The van der Waals surface area contributed by atoms with Crippen molar-refractivity contribution in [2.24, 2.45) is 17.8 Å². The van der Waals surface area contributed by atoms with Crippen molar-refractivity contribution in [1.29, 1.82) is 0 Å². The Labute approximate surface area is 166 Å². The highest BCUT2D eigenvalue weighted by Gasteiger charge is 2.31. The fourth-order valence-corrected chi connectivity index (χ4v) is 5.70. The van der Waals surface area contributed by atoms with E-state index < -0.39 is 0 Å². The lowest BCUT2D eigenvalue weighted by Gasteiger charge is -2.38. The summed E-state index contributed by atoms with van der Waals surface area (Å²) in [5.41, 5.74) is 1.93. The SMILES string of the molecule is CC=Cc1ccc(C2CCC(C3CCC(CCCCC)CC3)CC2)c(F)c1. The standard InChI is InChI=1S/C26H39F/c1-3-5-6-8-20-9-12-22(13-10-20)23-14-16-24(17-15-23)25-18-11-21(7-4-2)19-26(25)27/h4,7,11,18-20,22-24H,3,5-6,8-10,12-17H2,1-2H3. The Morgan fingerprint density at radius 3 is 2.19 bits per heavy atom. The van der Waals surface area contributed by atoms with Gasteiger partial charge in [0.2, 0.25) is 0 Å². The second-order valence-electron chi connectivity index (χ2n) is 9.17. The molecule has 1 aromatic carbocycles. The summed E-state index contributed by atoms with van der Waals surface area (Å²) in [4.78, 5) is 0. The van der Waals surface area contributed by atoms with E-state index in [4.69, 9.17) is 0 Å². The quantitative estimate of drug-likeness (QED) is 0.422. The molecule has 0 amide bonds. The van der Waals surface area contributed by atoms with Gasteiger partial charge in [0, 0.05) is 0 Å². The predicted molar refractivity (Wildman–Crippen MR) is 115 cm³/mol. The minimum Gasteiger partial charge on any atom is -0.207 e. The van der Waals surface area contributed by atoms with E-state index in [1.165, 1.54) is 77.0 Å². The van der Waals surface area contributed by atoms with E-state index in [-0.39, 0.29) is 5.82 Å². The zero-order valence-electron chi connectivity index (χ0n) is 17.6. The van der Waals surface area contributed by atoms with E-state index in [9.17, 15) is 4.39 Å². The van der Waals surface area contributed by atoms with Gasteiger partial charge in [-0.05, 0) is 86.3 Å². The summed E-state index contributed by atoms with van der Waals surface area (Å²) >= 11 is 0. The van der Waals surface area contributed by atoms with E-state index in [1.54, 1.807) is 6.07 Å². The number of benzene rings is 1. The molecular formula is C26H39F. The van der Waals surface area contributed by atoms with Gasteiger partial charge in [-0.15, -0.1) is 0 Å². The molecule has 0 radical (unpaired) electrons. The summed E-state index contributed by atoms with van der Waals surface area (Å²) < 4.78 is 14.5. The van der Waals surface area contributed by atoms with Crippen molar-refractivity contribution in [3.8, 4) is 0 Å². The van der Waals surface area contributed by atoms with Crippen molar-refractivity contribution in [2.45, 2.75) is 96.8 Å². The molecule has 150 valence electrons. The van der Waals surface area contributed by atoms with E-state index in [2.05, 4.69) is 13.0 Å². The predicted octanol–water partition coefficient (Wildman–Crippen LogP) is 8.52. The van der Waals surface area contributed by atoms with E-state index in [0.29, 0.717) is 5.92 Å². The number of halogens is 1. The molecule has 2 aliphatic rings. The highest BCUT2D eigenvalue weighted by atomic mass is 19.1. The smallest absolute Gasteiger partial charge is 0.127 e. The van der Waals surface area contributed by atoms with Crippen LogP contribution in [-0.4, -0.2) is 0 Å². The zero-order valence-corrected chi connectivity index (χ0v) is 17.6. The van der Waals surface area contributed by atoms with Crippen LogP contribution in [0.2, 0.25) is 0 Å². The highest BCUT2D eigenvalue weighted by molar-refractivity contribution is 5.50. The van der Waals surface area contributed by atoms with Gasteiger partial charge in [0.25, 0.3) is 0 Å². The third kappa shape index (κ3) is 5.69.